The maximum absolute atomic E-state index is 11.4. The Labute approximate surface area is 112 Å². The quantitative estimate of drug-likeness (QED) is 0.385. The van der Waals surface area contributed by atoms with E-state index in [1.54, 1.807) is 12.1 Å². The molecular formula is C11H19N3O4S. The summed E-state index contributed by atoms with van der Waals surface area (Å²) in [6.45, 7) is 1.29. The number of anilines is 2. The van der Waals surface area contributed by atoms with Crippen LogP contribution >= 0.6 is 0 Å². The van der Waals surface area contributed by atoms with Gasteiger partial charge in [-0.2, -0.15) is 0 Å². The maximum Gasteiger partial charge on any atom is 0.240 e. The topological polar surface area (TPSA) is 128 Å². The Bertz CT molecular complexity index is 505. The average Bonchev–Trinajstić information content (AvgIpc) is 2.34. The molecule has 0 fully saturated rings. The monoisotopic (exact) mass is 289 g/mol. The maximum atomic E-state index is 11.4. The fraction of sp³-hybridized carbons (Fsp3) is 0.455. The number of sulfonamides is 1. The Morgan fingerprint density at radius 3 is 2.68 bits per heavy atom. The Kier molecular flexibility index (Phi) is 6.03. The normalized spacial score (nSPS) is 11.5. The number of aliphatic hydroxyl groups is 1. The van der Waals surface area contributed by atoms with Gasteiger partial charge in [-0.25, -0.2) is 13.6 Å². The van der Waals surface area contributed by atoms with Crippen molar-refractivity contribution in [3.05, 3.63) is 18.2 Å². The minimum Gasteiger partial charge on any atom is -0.399 e. The van der Waals surface area contributed by atoms with Gasteiger partial charge in [0.05, 0.1) is 18.9 Å². The van der Waals surface area contributed by atoms with E-state index in [2.05, 4.69) is 5.32 Å². The van der Waals surface area contributed by atoms with Gasteiger partial charge < -0.3 is 20.9 Å². The smallest absolute Gasteiger partial charge is 0.240 e. The van der Waals surface area contributed by atoms with Gasteiger partial charge in [-0.15, -0.1) is 0 Å². The van der Waals surface area contributed by atoms with Crippen molar-refractivity contribution < 1.29 is 18.3 Å². The highest BCUT2D eigenvalue weighted by Gasteiger charge is 2.13. The first kappa shape index (κ1) is 15.7. The summed E-state index contributed by atoms with van der Waals surface area (Å²) in [5, 5.41) is 16.6. The minimum atomic E-state index is -3.81. The predicted molar refractivity (Wildman–Crippen MR) is 73.2 cm³/mol. The molecule has 0 aliphatic rings. The Morgan fingerprint density at radius 2 is 2.05 bits per heavy atom. The molecule has 1 aromatic rings. The van der Waals surface area contributed by atoms with E-state index >= 15 is 0 Å². The van der Waals surface area contributed by atoms with Gasteiger partial charge in [-0.05, 0) is 24.6 Å². The summed E-state index contributed by atoms with van der Waals surface area (Å²) in [5.41, 5.74) is 6.29. The van der Waals surface area contributed by atoms with E-state index in [-0.39, 0.29) is 11.5 Å². The second-order valence-corrected chi connectivity index (χ2v) is 5.45. The number of hydrogen-bond donors (Lipinski definition) is 4. The van der Waals surface area contributed by atoms with E-state index in [4.69, 9.17) is 20.7 Å². The van der Waals surface area contributed by atoms with Gasteiger partial charge in [0.1, 0.15) is 4.90 Å². The molecule has 0 heterocycles. The summed E-state index contributed by atoms with van der Waals surface area (Å²) in [7, 11) is -3.81. The van der Waals surface area contributed by atoms with Crippen LogP contribution < -0.4 is 16.2 Å². The first-order chi connectivity index (χ1) is 8.95. The van der Waals surface area contributed by atoms with E-state index in [0.717, 1.165) is 0 Å². The Morgan fingerprint density at radius 1 is 1.32 bits per heavy atom. The molecule has 8 heteroatoms. The molecule has 0 unspecified atom stereocenters. The lowest BCUT2D eigenvalue weighted by Gasteiger charge is -2.11. The van der Waals surface area contributed by atoms with Gasteiger partial charge in [-0.3, -0.25) is 0 Å². The molecule has 6 N–H and O–H groups in total. The third-order valence-electron chi connectivity index (χ3n) is 2.33. The summed E-state index contributed by atoms with van der Waals surface area (Å²) in [6.07, 6.45) is 0.675. The van der Waals surface area contributed by atoms with Gasteiger partial charge in [0.25, 0.3) is 0 Å². The number of hydrogen-bond acceptors (Lipinski definition) is 6. The van der Waals surface area contributed by atoms with Crippen molar-refractivity contribution in [1.82, 2.24) is 0 Å². The van der Waals surface area contributed by atoms with Gasteiger partial charge >= 0.3 is 0 Å². The molecule has 7 nitrogen and oxygen atoms in total. The second-order valence-electron chi connectivity index (χ2n) is 3.92. The number of rotatable bonds is 8. The van der Waals surface area contributed by atoms with Crippen molar-refractivity contribution in [2.24, 2.45) is 5.14 Å². The van der Waals surface area contributed by atoms with Gasteiger partial charge in [0.15, 0.2) is 0 Å². The first-order valence-corrected chi connectivity index (χ1v) is 7.34. The largest absolute Gasteiger partial charge is 0.399 e. The number of benzene rings is 1. The van der Waals surface area contributed by atoms with Crippen molar-refractivity contribution in [2.75, 3.05) is 37.4 Å². The summed E-state index contributed by atoms with van der Waals surface area (Å²) >= 11 is 0. The number of ether oxygens (including phenoxy) is 1. The van der Waals surface area contributed by atoms with Crippen molar-refractivity contribution in [3.8, 4) is 0 Å². The van der Waals surface area contributed by atoms with Crippen LogP contribution in [0.5, 0.6) is 0 Å². The lowest BCUT2D eigenvalue weighted by atomic mass is 10.3. The zero-order valence-electron chi connectivity index (χ0n) is 10.5. The SMILES string of the molecule is Nc1ccc(NCCCOCCO)c(S(N)(=O)=O)c1. The molecule has 0 bridgehead atoms. The highest BCUT2D eigenvalue weighted by atomic mass is 32.2. The Balaban J connectivity index is 2.59. The van der Waals surface area contributed by atoms with Crippen LogP contribution in [0.2, 0.25) is 0 Å². The zero-order chi connectivity index (χ0) is 14.3. The van der Waals surface area contributed by atoms with Crippen LogP contribution in [0.25, 0.3) is 0 Å². The highest BCUT2D eigenvalue weighted by Crippen LogP contribution is 2.22. The molecule has 108 valence electrons. The van der Waals surface area contributed by atoms with Crippen molar-refractivity contribution in [1.29, 1.82) is 0 Å². The van der Waals surface area contributed by atoms with Crippen LogP contribution in [0, 0.1) is 0 Å². The van der Waals surface area contributed by atoms with E-state index in [0.29, 0.717) is 37.6 Å². The molecule has 1 rings (SSSR count). The van der Waals surface area contributed by atoms with Crippen LogP contribution in [-0.4, -0.2) is 39.9 Å². The molecule has 0 saturated heterocycles. The van der Waals surface area contributed by atoms with Crippen molar-refractivity contribution in [2.45, 2.75) is 11.3 Å². The predicted octanol–water partition coefficient (Wildman–Crippen LogP) is -0.273. The third kappa shape index (κ3) is 5.43. The van der Waals surface area contributed by atoms with E-state index < -0.39 is 10.0 Å². The molecule has 19 heavy (non-hydrogen) atoms. The molecule has 0 spiro atoms. The number of aliphatic hydroxyl groups excluding tert-OH is 1. The van der Waals surface area contributed by atoms with Gasteiger partial charge in [0, 0.05) is 18.8 Å². The van der Waals surface area contributed by atoms with Crippen LogP contribution in [-0.2, 0) is 14.8 Å². The van der Waals surface area contributed by atoms with Crippen molar-refractivity contribution in [3.63, 3.8) is 0 Å². The zero-order valence-corrected chi connectivity index (χ0v) is 11.3. The van der Waals surface area contributed by atoms with E-state index in [1.807, 2.05) is 0 Å². The summed E-state index contributed by atoms with van der Waals surface area (Å²) in [6, 6.07) is 4.49. The average molecular weight is 289 g/mol. The van der Waals surface area contributed by atoms with E-state index in [9.17, 15) is 8.42 Å². The third-order valence-corrected chi connectivity index (χ3v) is 3.28. The minimum absolute atomic E-state index is 0.0129. The van der Waals surface area contributed by atoms with Crippen molar-refractivity contribution >= 4 is 21.4 Å². The molecular weight excluding hydrogens is 270 g/mol. The molecule has 0 aliphatic carbocycles. The highest BCUT2D eigenvalue weighted by molar-refractivity contribution is 7.89. The van der Waals surface area contributed by atoms with Crippen LogP contribution in [0.4, 0.5) is 11.4 Å². The molecule has 0 amide bonds. The number of nitrogens with one attached hydrogen (secondary N) is 1. The molecule has 0 aromatic heterocycles. The summed E-state index contributed by atoms with van der Waals surface area (Å²) < 4.78 is 27.9. The van der Waals surface area contributed by atoms with Crippen LogP contribution in [0.1, 0.15) is 6.42 Å². The van der Waals surface area contributed by atoms with E-state index in [1.165, 1.54) is 6.07 Å². The van der Waals surface area contributed by atoms with Crippen LogP contribution in [0.3, 0.4) is 0 Å². The lowest BCUT2D eigenvalue weighted by Crippen LogP contribution is -2.16. The van der Waals surface area contributed by atoms with Gasteiger partial charge in [-0.1, -0.05) is 0 Å². The molecule has 0 saturated carbocycles. The summed E-state index contributed by atoms with van der Waals surface area (Å²) in [4.78, 5) is -0.0243. The van der Waals surface area contributed by atoms with Crippen LogP contribution in [0.15, 0.2) is 23.1 Å². The lowest BCUT2D eigenvalue weighted by molar-refractivity contribution is 0.0922. The number of primary sulfonamides is 1. The standard InChI is InChI=1S/C11H19N3O4S/c12-9-2-3-10(11(8-9)19(13,16)17)14-4-1-6-18-7-5-15/h2-3,8,14-15H,1,4-7,12H2,(H2,13,16,17). The number of nitrogen functional groups attached to an aromatic ring is 1. The molecule has 0 atom stereocenters. The fourth-order valence-corrected chi connectivity index (χ4v) is 2.23. The van der Waals surface area contributed by atoms with Gasteiger partial charge in [0.2, 0.25) is 10.0 Å². The fourth-order valence-electron chi connectivity index (χ4n) is 1.48. The summed E-state index contributed by atoms with van der Waals surface area (Å²) in [5.74, 6) is 0. The number of nitrogens with two attached hydrogens (primary N) is 2. The Hall–Kier alpha value is -1.35. The molecule has 0 aliphatic heterocycles. The first-order valence-electron chi connectivity index (χ1n) is 5.80. The molecule has 0 radical (unpaired) electrons. The molecule has 1 aromatic carbocycles. The second kappa shape index (κ2) is 7.29.